The summed E-state index contributed by atoms with van der Waals surface area (Å²) in [4.78, 5) is 12.0. The summed E-state index contributed by atoms with van der Waals surface area (Å²) in [7, 11) is -3.60. The molecule has 0 amide bonds. The van der Waals surface area contributed by atoms with Crippen molar-refractivity contribution in [3.8, 4) is 5.75 Å². The standard InChI is InChI=1S/C20H24FIN6O3S/c1-20(2,3)27-32(29,30)7-5-28-15(24-16-17(23)25-19(21)26-18(16)28)10-12-9-14-11(4-6-31-14)8-13(12)22/h8-9,27H,4-7,10H2,1-3H3,(H2,23,25,26). The molecule has 172 valence electrons. The number of aromatic nitrogens is 4. The topological polar surface area (TPSA) is 125 Å². The monoisotopic (exact) mass is 574 g/mol. The van der Waals surface area contributed by atoms with Gasteiger partial charge >= 0.3 is 6.08 Å². The van der Waals surface area contributed by atoms with Crippen LogP contribution in [0.15, 0.2) is 12.1 Å². The van der Waals surface area contributed by atoms with Gasteiger partial charge in [-0.15, -0.1) is 0 Å². The Bertz CT molecular complexity index is 1300. The molecule has 1 aromatic carbocycles. The lowest BCUT2D eigenvalue weighted by Gasteiger charge is -2.20. The molecule has 1 aliphatic heterocycles. The molecule has 0 saturated carbocycles. The first-order valence-corrected chi connectivity index (χ1v) is 12.8. The molecule has 0 atom stereocenters. The molecule has 0 unspecified atom stereocenters. The number of rotatable bonds is 6. The third-order valence-corrected chi connectivity index (χ3v) is 7.57. The van der Waals surface area contributed by atoms with Gasteiger partial charge in [-0.05, 0) is 66.6 Å². The van der Waals surface area contributed by atoms with Crippen LogP contribution in [0.2, 0.25) is 0 Å². The zero-order valence-corrected chi connectivity index (χ0v) is 20.9. The number of benzene rings is 1. The van der Waals surface area contributed by atoms with Gasteiger partial charge in [0.1, 0.15) is 11.6 Å². The molecular weight excluding hydrogens is 550 g/mol. The molecule has 0 saturated heterocycles. The minimum absolute atomic E-state index is 0.0329. The molecule has 0 bridgehead atoms. The first-order chi connectivity index (χ1) is 14.9. The largest absolute Gasteiger partial charge is 0.493 e. The maximum Gasteiger partial charge on any atom is 0.312 e. The van der Waals surface area contributed by atoms with Crippen LogP contribution >= 0.6 is 22.6 Å². The highest BCUT2D eigenvalue weighted by molar-refractivity contribution is 14.1. The first kappa shape index (κ1) is 23.1. The summed E-state index contributed by atoms with van der Waals surface area (Å²) in [6, 6.07) is 4.05. The smallest absolute Gasteiger partial charge is 0.312 e. The Morgan fingerprint density at radius 2 is 2.03 bits per heavy atom. The van der Waals surface area contributed by atoms with E-state index >= 15 is 0 Å². The number of nitrogens with two attached hydrogens (primary N) is 1. The number of nitrogen functional groups attached to an aromatic ring is 1. The zero-order valence-electron chi connectivity index (χ0n) is 17.9. The quantitative estimate of drug-likeness (QED) is 0.342. The second kappa shape index (κ2) is 8.37. The normalized spacial score (nSPS) is 14.0. The Kier molecular flexibility index (Phi) is 6.05. The molecule has 32 heavy (non-hydrogen) atoms. The SMILES string of the molecule is CC(C)(C)NS(=O)(=O)CCn1c(Cc2cc3c(cc2I)CCO3)nc2c(N)nc(F)nc21. The van der Waals surface area contributed by atoms with Crippen LogP contribution < -0.4 is 15.2 Å². The van der Waals surface area contributed by atoms with Crippen molar-refractivity contribution in [1.82, 2.24) is 24.2 Å². The second-order valence-corrected chi connectivity index (χ2v) is 11.7. The molecule has 0 fully saturated rings. The summed E-state index contributed by atoms with van der Waals surface area (Å²) < 4.78 is 50.0. The lowest BCUT2D eigenvalue weighted by atomic mass is 10.1. The third-order valence-electron chi connectivity index (χ3n) is 4.93. The van der Waals surface area contributed by atoms with Crippen LogP contribution in [0.4, 0.5) is 10.2 Å². The number of fused-ring (bicyclic) bond motifs is 2. The minimum atomic E-state index is -3.60. The van der Waals surface area contributed by atoms with Gasteiger partial charge in [-0.2, -0.15) is 14.4 Å². The van der Waals surface area contributed by atoms with Crippen molar-refractivity contribution in [2.45, 2.75) is 45.7 Å². The summed E-state index contributed by atoms with van der Waals surface area (Å²) in [6.45, 7) is 5.99. The van der Waals surface area contributed by atoms with E-state index in [-0.39, 0.29) is 29.3 Å². The predicted octanol–water partition coefficient (Wildman–Crippen LogP) is 2.40. The van der Waals surface area contributed by atoms with Gasteiger partial charge in [0.15, 0.2) is 17.0 Å². The molecule has 3 N–H and O–H groups in total. The second-order valence-electron chi connectivity index (χ2n) is 8.73. The summed E-state index contributed by atoms with van der Waals surface area (Å²) >= 11 is 2.26. The van der Waals surface area contributed by atoms with E-state index in [4.69, 9.17) is 10.5 Å². The van der Waals surface area contributed by atoms with Gasteiger partial charge in [-0.25, -0.2) is 18.1 Å². The van der Waals surface area contributed by atoms with Gasteiger partial charge in [0.25, 0.3) is 0 Å². The average molecular weight is 574 g/mol. The van der Waals surface area contributed by atoms with E-state index in [9.17, 15) is 12.8 Å². The molecule has 4 rings (SSSR count). The zero-order chi connectivity index (χ0) is 23.3. The highest BCUT2D eigenvalue weighted by Gasteiger charge is 2.24. The molecule has 0 aliphatic carbocycles. The average Bonchev–Trinajstić information content (AvgIpc) is 3.22. The number of hydrogen-bond donors (Lipinski definition) is 2. The minimum Gasteiger partial charge on any atom is -0.493 e. The Hall–Kier alpha value is -2.06. The van der Waals surface area contributed by atoms with Crippen LogP contribution in [0.1, 0.15) is 37.7 Å². The molecule has 3 aromatic rings. The third kappa shape index (κ3) is 4.96. The summed E-state index contributed by atoms with van der Waals surface area (Å²) in [5.41, 5.74) is 7.80. The predicted molar refractivity (Wildman–Crippen MR) is 128 cm³/mol. The number of nitrogens with zero attached hydrogens (tertiary/aromatic N) is 4. The van der Waals surface area contributed by atoms with Crippen molar-refractivity contribution < 1.29 is 17.5 Å². The van der Waals surface area contributed by atoms with E-state index in [0.29, 0.717) is 18.9 Å². The lowest BCUT2D eigenvalue weighted by Crippen LogP contribution is -2.42. The van der Waals surface area contributed by atoms with Crippen molar-refractivity contribution in [3.05, 3.63) is 38.7 Å². The first-order valence-electron chi connectivity index (χ1n) is 10.1. The van der Waals surface area contributed by atoms with Gasteiger partial charge in [-0.3, -0.25) is 0 Å². The van der Waals surface area contributed by atoms with Crippen molar-refractivity contribution in [3.63, 3.8) is 0 Å². The fourth-order valence-electron chi connectivity index (χ4n) is 3.68. The van der Waals surface area contributed by atoms with Crippen LogP contribution in [0.5, 0.6) is 5.75 Å². The van der Waals surface area contributed by atoms with E-state index < -0.39 is 21.6 Å². The highest BCUT2D eigenvalue weighted by atomic mass is 127. The summed E-state index contributed by atoms with van der Waals surface area (Å²) in [5.74, 6) is 1.05. The van der Waals surface area contributed by atoms with Crippen LogP contribution in [0.3, 0.4) is 0 Å². The van der Waals surface area contributed by atoms with Gasteiger partial charge in [-0.1, -0.05) is 0 Å². The molecule has 0 spiro atoms. The number of halogens is 2. The van der Waals surface area contributed by atoms with E-state index in [1.54, 1.807) is 25.3 Å². The maximum atomic E-state index is 13.9. The van der Waals surface area contributed by atoms with E-state index in [1.807, 2.05) is 6.07 Å². The fraction of sp³-hybridized carbons (Fsp3) is 0.450. The molecule has 12 heteroatoms. The van der Waals surface area contributed by atoms with Gasteiger partial charge in [0, 0.05) is 28.5 Å². The number of sulfonamides is 1. The number of anilines is 1. The molecule has 9 nitrogen and oxygen atoms in total. The Labute approximate surface area is 199 Å². The van der Waals surface area contributed by atoms with Gasteiger partial charge in [0.05, 0.1) is 12.4 Å². The Balaban J connectivity index is 1.73. The lowest BCUT2D eigenvalue weighted by molar-refractivity contribution is 0.356. The fourth-order valence-corrected chi connectivity index (χ4v) is 5.86. The highest BCUT2D eigenvalue weighted by Crippen LogP contribution is 2.31. The van der Waals surface area contributed by atoms with Crippen LogP contribution in [0.25, 0.3) is 11.2 Å². The van der Waals surface area contributed by atoms with Gasteiger partial charge in [0.2, 0.25) is 10.0 Å². The number of aryl methyl sites for hydroxylation is 1. The van der Waals surface area contributed by atoms with Crippen molar-refractivity contribution in [2.75, 3.05) is 18.1 Å². The van der Waals surface area contributed by atoms with E-state index in [2.05, 4.69) is 48.3 Å². The number of hydrogen-bond acceptors (Lipinski definition) is 7. The van der Waals surface area contributed by atoms with Gasteiger partial charge < -0.3 is 15.0 Å². The van der Waals surface area contributed by atoms with E-state index in [1.165, 1.54) is 0 Å². The van der Waals surface area contributed by atoms with Crippen molar-refractivity contribution in [1.29, 1.82) is 0 Å². The number of ether oxygens (including phenoxy) is 1. The molecular formula is C20H24FIN6O3S. The number of imidazole rings is 1. The summed E-state index contributed by atoms with van der Waals surface area (Å²) in [5, 5.41) is 0. The van der Waals surface area contributed by atoms with Crippen molar-refractivity contribution in [2.24, 2.45) is 0 Å². The van der Waals surface area contributed by atoms with Crippen LogP contribution in [0, 0.1) is 9.65 Å². The molecule has 0 radical (unpaired) electrons. The maximum absolute atomic E-state index is 13.9. The Morgan fingerprint density at radius 1 is 1.28 bits per heavy atom. The Morgan fingerprint density at radius 3 is 2.75 bits per heavy atom. The molecule has 1 aliphatic rings. The number of nitrogens with one attached hydrogen (secondary N) is 1. The van der Waals surface area contributed by atoms with Crippen LogP contribution in [-0.4, -0.2) is 45.8 Å². The van der Waals surface area contributed by atoms with Crippen LogP contribution in [-0.2, 0) is 29.4 Å². The molecule has 3 heterocycles. The molecule has 2 aromatic heterocycles. The van der Waals surface area contributed by atoms with Crippen molar-refractivity contribution >= 4 is 49.6 Å². The summed E-state index contributed by atoms with van der Waals surface area (Å²) in [6.07, 6.45) is 0.256. The van der Waals surface area contributed by atoms with E-state index in [0.717, 1.165) is 26.9 Å².